The molecule has 13 heteroatoms. The van der Waals surface area contributed by atoms with Crippen LogP contribution >= 0.6 is 0 Å². The maximum atomic E-state index is 14.5. The van der Waals surface area contributed by atoms with Gasteiger partial charge < -0.3 is 24.5 Å². The van der Waals surface area contributed by atoms with Crippen molar-refractivity contribution < 1.29 is 43.2 Å². The average Bonchev–Trinajstić information content (AvgIpc) is 3.63. The summed E-state index contributed by atoms with van der Waals surface area (Å²) in [5.74, 6) is -7.76. The van der Waals surface area contributed by atoms with Gasteiger partial charge >= 0.3 is 11.9 Å². The summed E-state index contributed by atoms with van der Waals surface area (Å²) >= 11 is 0. The molecule has 55 heavy (non-hydrogen) atoms. The van der Waals surface area contributed by atoms with E-state index in [0.29, 0.717) is 22.6 Å². The number of carboxylic acids is 1. The van der Waals surface area contributed by atoms with Gasteiger partial charge in [0.1, 0.15) is 17.3 Å². The molecule has 1 heterocycles. The first-order valence-corrected chi connectivity index (χ1v) is 17.6. The fourth-order valence-corrected chi connectivity index (χ4v) is 6.22. The number of nitrogens with one attached hydrogen (secondary N) is 1. The number of hydrogen-bond acceptors (Lipinski definition) is 9. The van der Waals surface area contributed by atoms with E-state index in [9.17, 15) is 39.2 Å². The van der Waals surface area contributed by atoms with E-state index >= 15 is 0 Å². The lowest BCUT2D eigenvalue weighted by atomic mass is 9.86. The van der Waals surface area contributed by atoms with Crippen LogP contribution in [0, 0.1) is 16.0 Å². The molecule has 0 aliphatic heterocycles. The number of benzene rings is 4. The number of aliphatic carboxylic acids is 1. The summed E-state index contributed by atoms with van der Waals surface area (Å²) in [6.45, 7) is 6.23. The number of amides is 2. The quantitative estimate of drug-likeness (QED) is 0.0361. The summed E-state index contributed by atoms with van der Waals surface area (Å²) in [6, 6.07) is 29.9. The van der Waals surface area contributed by atoms with Crippen LogP contribution in [0.15, 0.2) is 114 Å². The van der Waals surface area contributed by atoms with Gasteiger partial charge in [0, 0.05) is 42.7 Å². The summed E-state index contributed by atoms with van der Waals surface area (Å²) in [6.07, 6.45) is -0.901. The molecular weight excluding hydrogens is 706 g/mol. The van der Waals surface area contributed by atoms with Crippen LogP contribution in [0.3, 0.4) is 0 Å². The predicted molar refractivity (Wildman–Crippen MR) is 203 cm³/mol. The Kier molecular flexibility index (Phi) is 12.2. The number of rotatable bonds is 15. The molecule has 13 nitrogen and oxygen atoms in total. The van der Waals surface area contributed by atoms with E-state index in [-0.39, 0.29) is 24.4 Å². The number of para-hydroxylation sites is 1. The number of non-ortho nitro benzene ring substituents is 1. The van der Waals surface area contributed by atoms with Crippen LogP contribution in [-0.4, -0.2) is 56.1 Å². The van der Waals surface area contributed by atoms with Gasteiger partial charge in [0.15, 0.2) is 5.76 Å². The predicted octanol–water partition coefficient (Wildman–Crippen LogP) is 7.34. The molecule has 0 spiro atoms. The van der Waals surface area contributed by atoms with Gasteiger partial charge in [-0.1, -0.05) is 66.7 Å². The number of carbonyl (C=O) groups excluding carboxylic acids is 4. The number of carboxylic acid groups (broad SMARTS) is 1. The number of nitro benzene ring substituents is 1. The van der Waals surface area contributed by atoms with Crippen LogP contribution in [0.5, 0.6) is 0 Å². The molecule has 0 aliphatic rings. The Hall–Kier alpha value is -6.63. The van der Waals surface area contributed by atoms with Gasteiger partial charge in [0.2, 0.25) is 5.78 Å². The number of ketones is 1. The van der Waals surface area contributed by atoms with Crippen LogP contribution in [-0.2, 0) is 36.9 Å². The smallest absolute Gasteiger partial charge is 0.318 e. The van der Waals surface area contributed by atoms with Crippen molar-refractivity contribution in [3.63, 3.8) is 0 Å². The molecule has 284 valence electrons. The molecule has 0 aliphatic carbocycles. The van der Waals surface area contributed by atoms with E-state index in [1.807, 2.05) is 42.5 Å². The Bertz CT molecular complexity index is 2210. The van der Waals surface area contributed by atoms with Crippen molar-refractivity contribution in [1.29, 1.82) is 0 Å². The fourth-order valence-electron chi connectivity index (χ4n) is 6.22. The molecule has 1 aromatic heterocycles. The molecule has 5 aromatic rings. The fraction of sp³-hybridized carbons (Fsp3) is 0.262. The molecule has 5 rings (SSSR count). The van der Waals surface area contributed by atoms with Crippen molar-refractivity contribution in [1.82, 2.24) is 4.90 Å². The van der Waals surface area contributed by atoms with E-state index in [4.69, 9.17) is 9.15 Å². The first-order chi connectivity index (χ1) is 26.1. The normalized spacial score (nSPS) is 12.9. The maximum Gasteiger partial charge on any atom is 0.318 e. The van der Waals surface area contributed by atoms with Crippen LogP contribution < -0.4 is 5.32 Å². The number of carbonyl (C=O) groups is 5. The molecule has 2 N–H and O–H groups in total. The zero-order chi connectivity index (χ0) is 39.9. The molecular formula is C42H41N3O10. The number of furan rings is 1. The van der Waals surface area contributed by atoms with E-state index in [2.05, 4.69) is 5.32 Å². The minimum absolute atomic E-state index is 0.0158. The first kappa shape index (κ1) is 39.6. The number of nitro groups is 1. The Morgan fingerprint density at radius 3 is 2.16 bits per heavy atom. The Labute approximate surface area is 317 Å². The van der Waals surface area contributed by atoms with Crippen molar-refractivity contribution in [2.45, 2.75) is 64.6 Å². The Morgan fingerprint density at radius 2 is 1.53 bits per heavy atom. The van der Waals surface area contributed by atoms with Crippen molar-refractivity contribution in [2.24, 2.45) is 5.92 Å². The number of hydrogen-bond donors (Lipinski definition) is 2. The van der Waals surface area contributed by atoms with Gasteiger partial charge in [0.05, 0.1) is 11.3 Å². The molecule has 4 aromatic carbocycles. The van der Waals surface area contributed by atoms with Crippen LogP contribution in [0.2, 0.25) is 0 Å². The lowest BCUT2D eigenvalue weighted by Gasteiger charge is -2.35. The molecule has 3 unspecified atom stereocenters. The van der Waals surface area contributed by atoms with Gasteiger partial charge in [-0.05, 0) is 79.9 Å². The second kappa shape index (κ2) is 17.0. The average molecular weight is 748 g/mol. The summed E-state index contributed by atoms with van der Waals surface area (Å²) in [5, 5.41) is 25.8. The van der Waals surface area contributed by atoms with E-state index in [0.717, 1.165) is 10.8 Å². The van der Waals surface area contributed by atoms with E-state index in [1.54, 1.807) is 76.2 Å². The van der Waals surface area contributed by atoms with Crippen molar-refractivity contribution >= 4 is 51.7 Å². The third-order valence-electron chi connectivity index (χ3n) is 8.97. The topological polar surface area (TPSA) is 186 Å². The van der Waals surface area contributed by atoms with Gasteiger partial charge in [0.25, 0.3) is 17.5 Å². The molecule has 0 bridgehead atoms. The molecule has 3 atom stereocenters. The zero-order valence-corrected chi connectivity index (χ0v) is 30.8. The largest absolute Gasteiger partial charge is 0.481 e. The van der Waals surface area contributed by atoms with E-state index in [1.165, 1.54) is 23.1 Å². The lowest BCUT2D eigenvalue weighted by molar-refractivity contribution is -0.384. The molecule has 0 saturated heterocycles. The maximum absolute atomic E-state index is 14.5. The number of nitrogens with zero attached hydrogens (tertiary/aromatic N) is 2. The van der Waals surface area contributed by atoms with Crippen molar-refractivity contribution in [2.75, 3.05) is 5.32 Å². The SMILES string of the molecule is CC(C(Cc1ccc(C(=O)Nc2ccccc2)o1)c1ccc([N+](=O)[O-])cc1)N(Cc1ccc2ccccc2c1)C(=O)C(=O)C(CC(=O)O)C(=O)OC(C)(C)C. The van der Waals surface area contributed by atoms with Gasteiger partial charge in [-0.3, -0.25) is 34.1 Å². The molecule has 2 amide bonds. The van der Waals surface area contributed by atoms with E-state index < -0.39 is 64.4 Å². The number of ether oxygens (including phenoxy) is 1. The Balaban J connectivity index is 1.55. The van der Waals surface area contributed by atoms with Gasteiger partial charge in [-0.15, -0.1) is 0 Å². The monoisotopic (exact) mass is 747 g/mol. The summed E-state index contributed by atoms with van der Waals surface area (Å²) < 4.78 is 11.3. The minimum Gasteiger partial charge on any atom is -0.481 e. The standard InChI is InChI=1S/C42H41N3O10/c1-26(34(29-16-18-32(19-17-29)45(52)53)23-33-20-21-36(54-33)39(49)43-31-12-6-5-7-13-31)44(25-27-14-15-28-10-8-9-11-30(28)22-27)40(50)38(48)35(24-37(46)47)41(51)55-42(2,3)4/h5-22,26,34-35H,23-25H2,1-4H3,(H,43,49)(H,46,47). The molecule has 0 radical (unpaired) electrons. The third-order valence-corrected chi connectivity index (χ3v) is 8.97. The number of esters is 1. The second-order valence-electron chi connectivity index (χ2n) is 14.1. The highest BCUT2D eigenvalue weighted by Crippen LogP contribution is 2.32. The third kappa shape index (κ3) is 10.3. The first-order valence-electron chi connectivity index (χ1n) is 17.6. The lowest BCUT2D eigenvalue weighted by Crippen LogP contribution is -2.48. The number of fused-ring (bicyclic) bond motifs is 1. The summed E-state index contributed by atoms with van der Waals surface area (Å²) in [7, 11) is 0. The zero-order valence-electron chi connectivity index (χ0n) is 30.8. The summed E-state index contributed by atoms with van der Waals surface area (Å²) in [4.78, 5) is 78.9. The highest BCUT2D eigenvalue weighted by atomic mass is 16.6. The number of Topliss-reactive ketones (excluding diaryl/α,β-unsaturated/α-hetero) is 1. The Morgan fingerprint density at radius 1 is 0.873 bits per heavy atom. The summed E-state index contributed by atoms with van der Waals surface area (Å²) in [5.41, 5.74) is 0.502. The van der Waals surface area contributed by atoms with Crippen LogP contribution in [0.25, 0.3) is 10.8 Å². The second-order valence-corrected chi connectivity index (χ2v) is 14.1. The van der Waals surface area contributed by atoms with Gasteiger partial charge in [-0.25, -0.2) is 0 Å². The highest BCUT2D eigenvalue weighted by molar-refractivity contribution is 6.40. The molecule has 0 fully saturated rings. The highest BCUT2D eigenvalue weighted by Gasteiger charge is 2.41. The van der Waals surface area contributed by atoms with Crippen LogP contribution in [0.1, 0.15) is 67.5 Å². The molecule has 0 saturated carbocycles. The van der Waals surface area contributed by atoms with Crippen LogP contribution in [0.4, 0.5) is 11.4 Å². The van der Waals surface area contributed by atoms with Gasteiger partial charge in [-0.2, -0.15) is 0 Å². The minimum atomic E-state index is -1.93. The van der Waals surface area contributed by atoms with Crippen molar-refractivity contribution in [3.05, 3.63) is 142 Å². The van der Waals surface area contributed by atoms with Crippen molar-refractivity contribution in [3.8, 4) is 0 Å². The number of anilines is 1.